The molecule has 2 aromatic heterocycles. The zero-order chi connectivity index (χ0) is 10.3. The summed E-state index contributed by atoms with van der Waals surface area (Å²) in [5, 5.41) is 4.11. The van der Waals surface area contributed by atoms with Gasteiger partial charge in [-0.25, -0.2) is 9.50 Å². The predicted octanol–water partition coefficient (Wildman–Crippen LogP) is 1.01. The Hall–Kier alpha value is -1.42. The van der Waals surface area contributed by atoms with E-state index in [1.807, 2.05) is 18.3 Å². The summed E-state index contributed by atoms with van der Waals surface area (Å²) in [6, 6.07) is 4.19. The fourth-order valence-electron chi connectivity index (χ4n) is 1.90. The Labute approximate surface area is 88.1 Å². The Kier molecular flexibility index (Phi) is 1.95. The van der Waals surface area contributed by atoms with Gasteiger partial charge in [0, 0.05) is 30.4 Å². The number of fused-ring (bicyclic) bond motifs is 1. The molecule has 2 heterocycles. The van der Waals surface area contributed by atoms with Crippen LogP contribution in [0, 0.1) is 5.92 Å². The summed E-state index contributed by atoms with van der Waals surface area (Å²) in [6.45, 7) is 0. The van der Waals surface area contributed by atoms with Crippen LogP contribution in [0.25, 0.3) is 5.65 Å². The predicted molar refractivity (Wildman–Crippen MR) is 57.4 cm³/mol. The van der Waals surface area contributed by atoms with Gasteiger partial charge in [-0.15, -0.1) is 0 Å². The first kappa shape index (κ1) is 8.85. The van der Waals surface area contributed by atoms with Crippen molar-refractivity contribution in [3.8, 4) is 0 Å². The lowest BCUT2D eigenvalue weighted by molar-refractivity contribution is 0.584. The minimum atomic E-state index is 0.280. The summed E-state index contributed by atoms with van der Waals surface area (Å²) < 4.78 is 1.77. The number of aromatic nitrogens is 3. The molecule has 15 heavy (non-hydrogen) atoms. The van der Waals surface area contributed by atoms with Crippen LogP contribution >= 0.6 is 0 Å². The van der Waals surface area contributed by atoms with Crippen LogP contribution in [-0.4, -0.2) is 20.6 Å². The van der Waals surface area contributed by atoms with Crippen molar-refractivity contribution in [2.24, 2.45) is 11.7 Å². The molecule has 1 atom stereocenters. The van der Waals surface area contributed by atoms with Crippen LogP contribution in [-0.2, 0) is 6.42 Å². The maximum Gasteiger partial charge on any atom is 0.155 e. The van der Waals surface area contributed by atoms with Crippen molar-refractivity contribution in [1.82, 2.24) is 14.6 Å². The quantitative estimate of drug-likeness (QED) is 0.808. The lowest BCUT2D eigenvalue weighted by Gasteiger charge is -2.09. The second-order valence-electron chi connectivity index (χ2n) is 4.26. The molecule has 0 aliphatic heterocycles. The van der Waals surface area contributed by atoms with Crippen molar-refractivity contribution in [3.63, 3.8) is 0 Å². The molecule has 4 heteroatoms. The summed E-state index contributed by atoms with van der Waals surface area (Å²) in [5.41, 5.74) is 8.04. The van der Waals surface area contributed by atoms with Crippen LogP contribution in [0.3, 0.4) is 0 Å². The Balaban J connectivity index is 1.83. The van der Waals surface area contributed by atoms with Crippen molar-refractivity contribution in [2.75, 3.05) is 0 Å². The van der Waals surface area contributed by atoms with Gasteiger partial charge in [0.1, 0.15) is 0 Å². The summed E-state index contributed by atoms with van der Waals surface area (Å²) in [5.74, 6) is 0.730. The van der Waals surface area contributed by atoms with E-state index in [9.17, 15) is 0 Å². The highest BCUT2D eigenvalue weighted by Gasteiger charge is 2.28. The fourth-order valence-corrected chi connectivity index (χ4v) is 1.90. The first-order chi connectivity index (χ1) is 7.33. The van der Waals surface area contributed by atoms with Crippen LogP contribution in [0.1, 0.15) is 18.5 Å². The van der Waals surface area contributed by atoms with Crippen LogP contribution in [0.2, 0.25) is 0 Å². The lowest BCUT2D eigenvalue weighted by Crippen LogP contribution is -2.25. The van der Waals surface area contributed by atoms with Gasteiger partial charge >= 0.3 is 0 Å². The zero-order valence-electron chi connectivity index (χ0n) is 8.50. The van der Waals surface area contributed by atoms with Gasteiger partial charge < -0.3 is 5.73 Å². The number of rotatable bonds is 3. The van der Waals surface area contributed by atoms with Gasteiger partial charge in [0.2, 0.25) is 0 Å². The van der Waals surface area contributed by atoms with Crippen LogP contribution in [0.5, 0.6) is 0 Å². The van der Waals surface area contributed by atoms with Crippen molar-refractivity contribution >= 4 is 5.65 Å². The van der Waals surface area contributed by atoms with Crippen LogP contribution in [0.4, 0.5) is 0 Å². The molecule has 0 aromatic carbocycles. The van der Waals surface area contributed by atoms with Gasteiger partial charge in [-0.1, -0.05) is 0 Å². The van der Waals surface area contributed by atoms with Crippen molar-refractivity contribution in [1.29, 1.82) is 0 Å². The smallest absolute Gasteiger partial charge is 0.155 e. The van der Waals surface area contributed by atoms with E-state index < -0.39 is 0 Å². The maximum atomic E-state index is 6.07. The minimum absolute atomic E-state index is 0.280. The van der Waals surface area contributed by atoms with E-state index in [0.717, 1.165) is 23.7 Å². The Morgan fingerprint density at radius 3 is 3.13 bits per heavy atom. The standard InChI is InChI=1S/C11H14N4/c12-10(8-1-2-8)7-9-4-6-15-11(14-9)3-5-13-15/h3-6,8,10H,1-2,7,12H2. The molecule has 0 amide bonds. The Morgan fingerprint density at radius 1 is 1.47 bits per heavy atom. The SMILES string of the molecule is NC(Cc1ccn2nccc2n1)C1CC1. The van der Waals surface area contributed by atoms with E-state index in [-0.39, 0.29) is 6.04 Å². The molecule has 4 nitrogen and oxygen atoms in total. The summed E-state index contributed by atoms with van der Waals surface area (Å²) >= 11 is 0. The molecule has 1 aliphatic rings. The van der Waals surface area contributed by atoms with Gasteiger partial charge in [-0.2, -0.15) is 5.10 Å². The summed E-state index contributed by atoms with van der Waals surface area (Å²) in [6.07, 6.45) is 7.16. The maximum absolute atomic E-state index is 6.07. The molecule has 3 rings (SSSR count). The highest BCUT2D eigenvalue weighted by molar-refractivity contribution is 5.36. The van der Waals surface area contributed by atoms with E-state index in [4.69, 9.17) is 5.73 Å². The van der Waals surface area contributed by atoms with Gasteiger partial charge in [-0.3, -0.25) is 0 Å². The normalized spacial score (nSPS) is 18.2. The van der Waals surface area contributed by atoms with E-state index in [1.165, 1.54) is 12.8 Å². The van der Waals surface area contributed by atoms with E-state index in [0.29, 0.717) is 0 Å². The van der Waals surface area contributed by atoms with Crippen molar-refractivity contribution in [3.05, 3.63) is 30.2 Å². The summed E-state index contributed by atoms with van der Waals surface area (Å²) in [7, 11) is 0. The van der Waals surface area contributed by atoms with Gasteiger partial charge in [0.05, 0.1) is 6.20 Å². The average Bonchev–Trinajstić information content (AvgIpc) is 2.98. The molecule has 0 radical (unpaired) electrons. The topological polar surface area (TPSA) is 56.2 Å². The largest absolute Gasteiger partial charge is 0.327 e. The van der Waals surface area contributed by atoms with Crippen molar-refractivity contribution in [2.45, 2.75) is 25.3 Å². The molecular formula is C11H14N4. The lowest BCUT2D eigenvalue weighted by atomic mass is 10.1. The van der Waals surface area contributed by atoms with Gasteiger partial charge in [0.15, 0.2) is 5.65 Å². The Bertz CT molecular complexity index is 472. The first-order valence-corrected chi connectivity index (χ1v) is 5.38. The number of nitrogens with zero attached hydrogens (tertiary/aromatic N) is 3. The molecule has 1 fully saturated rings. The third-order valence-electron chi connectivity index (χ3n) is 2.99. The fraction of sp³-hybridized carbons (Fsp3) is 0.455. The molecule has 78 valence electrons. The van der Waals surface area contributed by atoms with Crippen LogP contribution < -0.4 is 5.73 Å². The number of nitrogens with two attached hydrogens (primary N) is 1. The number of hydrogen-bond acceptors (Lipinski definition) is 3. The zero-order valence-corrected chi connectivity index (χ0v) is 8.50. The van der Waals surface area contributed by atoms with E-state index in [1.54, 1.807) is 10.7 Å². The molecule has 1 saturated carbocycles. The highest BCUT2D eigenvalue weighted by atomic mass is 15.2. The molecule has 2 aromatic rings. The molecule has 1 unspecified atom stereocenters. The van der Waals surface area contributed by atoms with Crippen LogP contribution in [0.15, 0.2) is 24.5 Å². The molecule has 0 saturated heterocycles. The number of hydrogen-bond donors (Lipinski definition) is 1. The highest BCUT2D eigenvalue weighted by Crippen LogP contribution is 2.32. The molecule has 2 N–H and O–H groups in total. The first-order valence-electron chi connectivity index (χ1n) is 5.38. The molecule has 1 aliphatic carbocycles. The second kappa shape index (κ2) is 3.31. The molecule has 0 bridgehead atoms. The van der Waals surface area contributed by atoms with E-state index in [2.05, 4.69) is 10.1 Å². The van der Waals surface area contributed by atoms with Gasteiger partial charge in [0.25, 0.3) is 0 Å². The monoisotopic (exact) mass is 202 g/mol. The Morgan fingerprint density at radius 2 is 2.33 bits per heavy atom. The van der Waals surface area contributed by atoms with E-state index >= 15 is 0 Å². The minimum Gasteiger partial charge on any atom is -0.327 e. The third kappa shape index (κ3) is 1.72. The third-order valence-corrected chi connectivity index (χ3v) is 2.99. The van der Waals surface area contributed by atoms with Gasteiger partial charge in [-0.05, 0) is 24.8 Å². The van der Waals surface area contributed by atoms with Crippen molar-refractivity contribution < 1.29 is 0 Å². The second-order valence-corrected chi connectivity index (χ2v) is 4.26. The summed E-state index contributed by atoms with van der Waals surface area (Å²) in [4.78, 5) is 4.51. The average molecular weight is 202 g/mol. The molecular weight excluding hydrogens is 188 g/mol. The molecule has 0 spiro atoms.